The number of nitrogens with zero attached hydrogens (tertiary/aromatic N) is 5. The van der Waals surface area contributed by atoms with E-state index in [0.717, 1.165) is 10.8 Å². The Labute approximate surface area is 137 Å². The van der Waals surface area contributed by atoms with E-state index < -0.39 is 0 Å². The minimum atomic E-state index is 0.184. The normalized spacial score (nSPS) is 12.0. The number of nitrogen functional groups attached to an aromatic ring is 1. The van der Waals surface area contributed by atoms with Gasteiger partial charge in [-0.1, -0.05) is 29.4 Å². The van der Waals surface area contributed by atoms with Crippen molar-refractivity contribution in [3.63, 3.8) is 0 Å². The molecule has 0 amide bonds. The zero-order valence-electron chi connectivity index (χ0n) is 12.9. The van der Waals surface area contributed by atoms with E-state index in [-0.39, 0.29) is 5.84 Å². The van der Waals surface area contributed by atoms with Gasteiger partial charge in [0.2, 0.25) is 0 Å². The van der Waals surface area contributed by atoms with Crippen LogP contribution in [0, 0.1) is 0 Å². The number of azo groups is 1. The number of pyridine rings is 2. The highest BCUT2D eigenvalue weighted by atomic mass is 16.6. The molecule has 0 aliphatic heterocycles. The van der Waals surface area contributed by atoms with E-state index >= 15 is 0 Å². The van der Waals surface area contributed by atoms with Gasteiger partial charge in [-0.25, -0.2) is 4.98 Å². The van der Waals surface area contributed by atoms with E-state index in [2.05, 4.69) is 30.2 Å². The van der Waals surface area contributed by atoms with Gasteiger partial charge in [0.15, 0.2) is 11.7 Å². The number of hydrogen-bond donors (Lipinski definition) is 2. The number of anilines is 1. The molecule has 0 aliphatic rings. The highest BCUT2D eigenvalue weighted by Gasteiger charge is 2.06. The van der Waals surface area contributed by atoms with Crippen LogP contribution >= 0.6 is 0 Å². The second-order valence-corrected chi connectivity index (χ2v) is 4.84. The van der Waals surface area contributed by atoms with Gasteiger partial charge in [0, 0.05) is 17.0 Å². The third-order valence-electron chi connectivity index (χ3n) is 3.27. The Morgan fingerprint density at radius 2 is 1.88 bits per heavy atom. The maximum Gasteiger partial charge on any atom is 0.188 e. The molecule has 3 rings (SSSR count). The van der Waals surface area contributed by atoms with Crippen LogP contribution in [0.5, 0.6) is 0 Å². The first-order chi connectivity index (χ1) is 11.7. The van der Waals surface area contributed by atoms with Crippen molar-refractivity contribution in [1.82, 2.24) is 9.97 Å². The van der Waals surface area contributed by atoms with E-state index in [1.165, 1.54) is 13.3 Å². The molecule has 2 aromatic heterocycles. The molecule has 0 saturated carbocycles. The molecule has 3 aromatic rings. The van der Waals surface area contributed by atoms with E-state index in [1.807, 2.05) is 24.3 Å². The first kappa shape index (κ1) is 15.3. The molecule has 24 heavy (non-hydrogen) atoms. The van der Waals surface area contributed by atoms with Gasteiger partial charge in [-0.3, -0.25) is 4.98 Å². The highest BCUT2D eigenvalue weighted by Crippen LogP contribution is 2.31. The number of nitrogens with two attached hydrogens (primary N) is 2. The topological polar surface area (TPSA) is 124 Å². The lowest BCUT2D eigenvalue weighted by Crippen LogP contribution is -2.14. The molecular weight excluding hydrogens is 306 g/mol. The van der Waals surface area contributed by atoms with Gasteiger partial charge in [-0.2, -0.15) is 0 Å². The predicted octanol–water partition coefficient (Wildman–Crippen LogP) is 2.89. The zero-order chi connectivity index (χ0) is 16.9. The number of oxime groups is 1. The summed E-state index contributed by atoms with van der Waals surface area (Å²) in [5.41, 5.74) is 13.2. The average molecular weight is 321 g/mol. The number of aromatic nitrogens is 2. The largest absolute Gasteiger partial charge is 0.397 e. The van der Waals surface area contributed by atoms with E-state index in [1.54, 1.807) is 18.3 Å². The van der Waals surface area contributed by atoms with Crippen LogP contribution in [-0.2, 0) is 4.84 Å². The number of fused-ring (bicyclic) bond motifs is 1. The van der Waals surface area contributed by atoms with Crippen molar-refractivity contribution in [3.05, 3.63) is 54.5 Å². The predicted molar refractivity (Wildman–Crippen MR) is 92.3 cm³/mol. The molecule has 120 valence electrons. The Bertz CT molecular complexity index is 919. The standard InChI is InChI=1S/C16H15N7O/c1-24-23-15(17)13-7-6-11(9-19-13)21-22-14-12-5-3-2-4-10(12)8-20-16(14)18/h2-9H,1H3,(H2,17,23)(H2,18,20). The van der Waals surface area contributed by atoms with Gasteiger partial charge in [-0.15, -0.1) is 10.2 Å². The van der Waals surface area contributed by atoms with E-state index in [4.69, 9.17) is 11.5 Å². The zero-order valence-corrected chi connectivity index (χ0v) is 12.9. The van der Waals surface area contributed by atoms with Gasteiger partial charge in [0.25, 0.3) is 0 Å². The maximum absolute atomic E-state index is 5.92. The second kappa shape index (κ2) is 6.69. The number of hydrogen-bond acceptors (Lipinski definition) is 7. The van der Waals surface area contributed by atoms with Crippen molar-refractivity contribution in [2.45, 2.75) is 0 Å². The fourth-order valence-corrected chi connectivity index (χ4v) is 2.12. The summed E-state index contributed by atoms with van der Waals surface area (Å²) in [4.78, 5) is 12.9. The van der Waals surface area contributed by atoms with Crippen molar-refractivity contribution in [2.75, 3.05) is 12.8 Å². The Morgan fingerprint density at radius 3 is 2.62 bits per heavy atom. The molecule has 0 spiro atoms. The van der Waals surface area contributed by atoms with Crippen LogP contribution in [0.1, 0.15) is 5.69 Å². The first-order valence-corrected chi connectivity index (χ1v) is 7.07. The summed E-state index contributed by atoms with van der Waals surface area (Å²) in [6, 6.07) is 11.1. The van der Waals surface area contributed by atoms with Crippen LogP contribution < -0.4 is 11.5 Å². The molecule has 8 heteroatoms. The lowest BCUT2D eigenvalue weighted by Gasteiger charge is -2.03. The van der Waals surface area contributed by atoms with E-state index in [9.17, 15) is 0 Å². The Morgan fingerprint density at radius 1 is 1.04 bits per heavy atom. The third-order valence-corrected chi connectivity index (χ3v) is 3.27. The average Bonchev–Trinajstić information content (AvgIpc) is 2.61. The second-order valence-electron chi connectivity index (χ2n) is 4.84. The van der Waals surface area contributed by atoms with Crippen molar-refractivity contribution in [1.29, 1.82) is 0 Å². The van der Waals surface area contributed by atoms with Crippen molar-refractivity contribution in [2.24, 2.45) is 21.1 Å². The fraction of sp³-hybridized carbons (Fsp3) is 0.0625. The lowest BCUT2D eigenvalue weighted by atomic mass is 10.1. The first-order valence-electron chi connectivity index (χ1n) is 7.07. The maximum atomic E-state index is 5.92. The summed E-state index contributed by atoms with van der Waals surface area (Å²) in [5, 5.41) is 13.8. The summed E-state index contributed by atoms with van der Waals surface area (Å²) < 4.78 is 0. The van der Waals surface area contributed by atoms with Crippen LogP contribution in [0.2, 0.25) is 0 Å². The summed E-state index contributed by atoms with van der Waals surface area (Å²) >= 11 is 0. The summed E-state index contributed by atoms with van der Waals surface area (Å²) in [7, 11) is 1.41. The molecule has 0 bridgehead atoms. The van der Waals surface area contributed by atoms with E-state index in [0.29, 0.717) is 22.9 Å². The van der Waals surface area contributed by atoms with Crippen molar-refractivity contribution < 1.29 is 4.84 Å². The molecular formula is C16H15N7O. The van der Waals surface area contributed by atoms with Crippen LogP contribution in [-0.4, -0.2) is 22.9 Å². The molecule has 0 atom stereocenters. The Balaban J connectivity index is 1.92. The van der Waals surface area contributed by atoms with Crippen molar-refractivity contribution in [3.8, 4) is 0 Å². The quantitative estimate of drug-likeness (QED) is 0.331. The van der Waals surface area contributed by atoms with Gasteiger partial charge in [-0.05, 0) is 12.1 Å². The summed E-state index contributed by atoms with van der Waals surface area (Å²) in [5.74, 6) is 0.502. The number of amidine groups is 1. The third kappa shape index (κ3) is 3.12. The van der Waals surface area contributed by atoms with Gasteiger partial charge >= 0.3 is 0 Å². The van der Waals surface area contributed by atoms with Crippen LogP contribution in [0.4, 0.5) is 17.2 Å². The molecule has 2 heterocycles. The van der Waals surface area contributed by atoms with Crippen LogP contribution in [0.25, 0.3) is 10.8 Å². The molecule has 4 N–H and O–H groups in total. The fourth-order valence-electron chi connectivity index (χ4n) is 2.12. The molecule has 1 aromatic carbocycles. The van der Waals surface area contributed by atoms with Crippen molar-refractivity contribution >= 4 is 33.8 Å². The molecule has 0 fully saturated rings. The minimum absolute atomic E-state index is 0.184. The summed E-state index contributed by atoms with van der Waals surface area (Å²) in [6.45, 7) is 0. The highest BCUT2D eigenvalue weighted by molar-refractivity contribution is 5.96. The van der Waals surface area contributed by atoms with Gasteiger partial charge in [0.05, 0.1) is 6.20 Å². The SMILES string of the molecule is CON=C(N)c1ccc(N=Nc2c(N)ncc3ccccc23)cn1. The van der Waals surface area contributed by atoms with Gasteiger partial charge in [0.1, 0.15) is 24.2 Å². The number of rotatable bonds is 4. The van der Waals surface area contributed by atoms with Gasteiger partial charge < -0.3 is 16.3 Å². The molecule has 0 unspecified atom stereocenters. The Hall–Kier alpha value is -3.55. The number of benzene rings is 1. The Kier molecular flexibility index (Phi) is 4.28. The molecule has 0 saturated heterocycles. The lowest BCUT2D eigenvalue weighted by molar-refractivity contribution is 0.213. The molecule has 8 nitrogen and oxygen atoms in total. The molecule has 0 radical (unpaired) electrons. The summed E-state index contributed by atoms with van der Waals surface area (Å²) in [6.07, 6.45) is 3.24. The minimum Gasteiger partial charge on any atom is -0.397 e. The van der Waals surface area contributed by atoms with Crippen LogP contribution in [0.15, 0.2) is 64.2 Å². The monoisotopic (exact) mass is 321 g/mol. The smallest absolute Gasteiger partial charge is 0.188 e. The van der Waals surface area contributed by atoms with Crippen LogP contribution in [0.3, 0.4) is 0 Å². The molecule has 0 aliphatic carbocycles.